The molecule has 2 aromatic carbocycles. The molecule has 138 valence electrons. The zero-order valence-electron chi connectivity index (χ0n) is 15.5. The Balaban J connectivity index is 1.56. The van der Waals surface area contributed by atoms with E-state index in [-0.39, 0.29) is 11.9 Å². The zero-order chi connectivity index (χ0) is 18.8. The second-order valence-corrected chi connectivity index (χ2v) is 7.85. The van der Waals surface area contributed by atoms with E-state index in [2.05, 4.69) is 6.07 Å². The topological polar surface area (TPSA) is 42.4 Å². The summed E-state index contributed by atoms with van der Waals surface area (Å²) in [5.41, 5.74) is 3.06. The van der Waals surface area contributed by atoms with E-state index in [1.807, 2.05) is 54.3 Å². The number of aromatic nitrogens is 1. The molecule has 1 saturated heterocycles. The summed E-state index contributed by atoms with van der Waals surface area (Å²) in [6, 6.07) is 14.2. The molecule has 2 heterocycles. The molecule has 0 N–H and O–H groups in total. The van der Waals surface area contributed by atoms with E-state index >= 15 is 0 Å². The van der Waals surface area contributed by atoms with E-state index < -0.39 is 0 Å². The van der Waals surface area contributed by atoms with E-state index in [0.29, 0.717) is 0 Å². The number of rotatable bonds is 4. The van der Waals surface area contributed by atoms with Gasteiger partial charge in [0.1, 0.15) is 10.8 Å². The normalized spacial score (nSPS) is 17.1. The maximum atomic E-state index is 12.9. The van der Waals surface area contributed by atoms with Crippen LogP contribution in [-0.4, -0.2) is 29.4 Å². The molecular weight excluding hydrogens is 356 g/mol. The number of likely N-dealkylation sites (tertiary alicyclic amines) is 1. The van der Waals surface area contributed by atoms with E-state index in [9.17, 15) is 4.79 Å². The Bertz CT molecular complexity index is 975. The Morgan fingerprint density at radius 3 is 2.96 bits per heavy atom. The van der Waals surface area contributed by atoms with Crippen LogP contribution in [0.25, 0.3) is 16.3 Å². The second kappa shape index (κ2) is 7.53. The predicted octanol–water partition coefficient (Wildman–Crippen LogP) is 4.99. The number of ether oxygens (including phenoxy) is 1. The van der Waals surface area contributed by atoms with E-state index in [1.165, 1.54) is 4.70 Å². The maximum Gasteiger partial charge on any atom is 0.247 e. The third kappa shape index (κ3) is 3.60. The van der Waals surface area contributed by atoms with Gasteiger partial charge in [-0.2, -0.15) is 0 Å². The van der Waals surface area contributed by atoms with Crippen LogP contribution in [0.1, 0.15) is 35.0 Å². The Labute approximate surface area is 163 Å². The number of carbonyl (C=O) groups excluding carboxylic acids is 1. The lowest BCUT2D eigenvalue weighted by Crippen LogP contribution is -2.28. The van der Waals surface area contributed by atoms with Gasteiger partial charge in [-0.25, -0.2) is 4.98 Å². The van der Waals surface area contributed by atoms with Crippen LogP contribution >= 0.6 is 11.3 Å². The SMILES string of the molecule is COc1ccc(C)cc1/C=C/C(=O)N1CCC[C@H]1c1nc2ccccc2s1. The van der Waals surface area contributed by atoms with Crippen molar-refractivity contribution in [2.75, 3.05) is 13.7 Å². The standard InChI is InChI=1S/C22H22N2O2S/c1-15-9-11-19(26-2)16(14-15)10-12-21(25)24-13-5-7-18(24)22-23-17-6-3-4-8-20(17)27-22/h3-4,6,8-12,14,18H,5,7,13H2,1-2H3/b12-10+/t18-/m0/s1. The first-order chi connectivity index (χ1) is 13.2. The number of para-hydroxylation sites is 1. The second-order valence-electron chi connectivity index (χ2n) is 6.79. The lowest BCUT2D eigenvalue weighted by molar-refractivity contribution is -0.126. The average Bonchev–Trinajstić information content (AvgIpc) is 3.32. The molecule has 1 aliphatic heterocycles. The smallest absolute Gasteiger partial charge is 0.247 e. The van der Waals surface area contributed by atoms with Gasteiger partial charge in [0.2, 0.25) is 5.91 Å². The van der Waals surface area contributed by atoms with E-state index in [0.717, 1.165) is 46.8 Å². The fourth-order valence-corrected chi connectivity index (χ4v) is 4.68. The molecule has 0 saturated carbocycles. The summed E-state index contributed by atoms with van der Waals surface area (Å²) in [5, 5.41) is 1.03. The number of thiazole rings is 1. The van der Waals surface area contributed by atoms with Crippen LogP contribution in [0.2, 0.25) is 0 Å². The number of hydrogen-bond acceptors (Lipinski definition) is 4. The van der Waals surface area contributed by atoms with Crippen LogP contribution < -0.4 is 4.74 Å². The van der Waals surface area contributed by atoms with Crippen LogP contribution in [0.5, 0.6) is 5.75 Å². The number of hydrogen-bond donors (Lipinski definition) is 0. The molecular formula is C22H22N2O2S. The summed E-state index contributed by atoms with van der Waals surface area (Å²) in [6.07, 6.45) is 5.48. The van der Waals surface area contributed by atoms with Gasteiger partial charge in [0, 0.05) is 18.2 Å². The molecule has 3 aromatic rings. The quantitative estimate of drug-likeness (QED) is 0.601. The molecule has 1 amide bonds. The Morgan fingerprint density at radius 2 is 2.15 bits per heavy atom. The van der Waals surface area contributed by atoms with Crippen LogP contribution in [-0.2, 0) is 4.79 Å². The molecule has 4 rings (SSSR count). The van der Waals surface area contributed by atoms with Crippen molar-refractivity contribution in [1.29, 1.82) is 0 Å². The lowest BCUT2D eigenvalue weighted by Gasteiger charge is -2.21. The molecule has 1 aromatic heterocycles. The highest BCUT2D eigenvalue weighted by atomic mass is 32.1. The first-order valence-electron chi connectivity index (χ1n) is 9.14. The Hall–Kier alpha value is -2.66. The predicted molar refractivity (Wildman–Crippen MR) is 110 cm³/mol. The average molecular weight is 378 g/mol. The molecule has 0 unspecified atom stereocenters. The number of nitrogens with zero attached hydrogens (tertiary/aromatic N) is 2. The van der Waals surface area contributed by atoms with Crippen LogP contribution in [0.15, 0.2) is 48.5 Å². The Morgan fingerprint density at radius 1 is 1.30 bits per heavy atom. The van der Waals surface area contributed by atoms with Gasteiger partial charge in [0.15, 0.2) is 0 Å². The molecule has 0 bridgehead atoms. The summed E-state index contributed by atoms with van der Waals surface area (Å²) in [5.74, 6) is 0.800. The highest BCUT2D eigenvalue weighted by Crippen LogP contribution is 2.36. The monoisotopic (exact) mass is 378 g/mol. The van der Waals surface area contributed by atoms with Crippen molar-refractivity contribution in [3.63, 3.8) is 0 Å². The number of methoxy groups -OCH3 is 1. The van der Waals surface area contributed by atoms with E-state index in [1.54, 1.807) is 24.5 Å². The van der Waals surface area contributed by atoms with Crippen molar-refractivity contribution in [3.05, 3.63) is 64.7 Å². The first-order valence-corrected chi connectivity index (χ1v) is 9.96. The van der Waals surface area contributed by atoms with Gasteiger partial charge in [-0.15, -0.1) is 11.3 Å². The highest BCUT2D eigenvalue weighted by molar-refractivity contribution is 7.18. The van der Waals surface area contributed by atoms with Crippen molar-refractivity contribution in [1.82, 2.24) is 9.88 Å². The largest absolute Gasteiger partial charge is 0.496 e. The van der Waals surface area contributed by atoms with Gasteiger partial charge >= 0.3 is 0 Å². The van der Waals surface area contributed by atoms with Gasteiger partial charge in [0.25, 0.3) is 0 Å². The molecule has 0 radical (unpaired) electrons. The summed E-state index contributed by atoms with van der Waals surface area (Å²) in [7, 11) is 1.65. The van der Waals surface area contributed by atoms with Crippen molar-refractivity contribution in [3.8, 4) is 5.75 Å². The van der Waals surface area contributed by atoms with Gasteiger partial charge in [-0.3, -0.25) is 4.79 Å². The van der Waals surface area contributed by atoms with Gasteiger partial charge in [-0.05, 0) is 50.1 Å². The fourth-order valence-electron chi connectivity index (χ4n) is 3.56. The zero-order valence-corrected chi connectivity index (χ0v) is 16.3. The summed E-state index contributed by atoms with van der Waals surface area (Å²) in [4.78, 5) is 19.6. The lowest BCUT2D eigenvalue weighted by atomic mass is 10.1. The highest BCUT2D eigenvalue weighted by Gasteiger charge is 2.31. The summed E-state index contributed by atoms with van der Waals surface area (Å²) < 4.78 is 6.57. The number of aryl methyl sites for hydroxylation is 1. The minimum absolute atomic E-state index is 0.0281. The van der Waals surface area contributed by atoms with Crippen molar-refractivity contribution < 1.29 is 9.53 Å². The van der Waals surface area contributed by atoms with Crippen molar-refractivity contribution in [2.24, 2.45) is 0 Å². The van der Waals surface area contributed by atoms with Gasteiger partial charge in [-0.1, -0.05) is 23.8 Å². The number of fused-ring (bicyclic) bond motifs is 1. The third-order valence-corrected chi connectivity index (χ3v) is 6.06. The number of benzene rings is 2. The Kier molecular flexibility index (Phi) is 4.94. The molecule has 0 aliphatic carbocycles. The minimum atomic E-state index is 0.0281. The molecule has 27 heavy (non-hydrogen) atoms. The molecule has 5 heteroatoms. The molecule has 1 aliphatic rings. The maximum absolute atomic E-state index is 12.9. The first kappa shape index (κ1) is 17.7. The van der Waals surface area contributed by atoms with Crippen LogP contribution in [0.4, 0.5) is 0 Å². The van der Waals surface area contributed by atoms with E-state index in [4.69, 9.17) is 9.72 Å². The number of amides is 1. The van der Waals surface area contributed by atoms with Crippen molar-refractivity contribution in [2.45, 2.75) is 25.8 Å². The summed E-state index contributed by atoms with van der Waals surface area (Å²) in [6.45, 7) is 2.80. The fraction of sp³-hybridized carbons (Fsp3) is 0.273. The number of carbonyl (C=O) groups is 1. The van der Waals surface area contributed by atoms with Crippen LogP contribution in [0.3, 0.4) is 0 Å². The molecule has 4 nitrogen and oxygen atoms in total. The summed E-state index contributed by atoms with van der Waals surface area (Å²) >= 11 is 1.69. The molecule has 0 spiro atoms. The minimum Gasteiger partial charge on any atom is -0.496 e. The third-order valence-electron chi connectivity index (χ3n) is 4.92. The van der Waals surface area contributed by atoms with Gasteiger partial charge < -0.3 is 9.64 Å². The van der Waals surface area contributed by atoms with Gasteiger partial charge in [0.05, 0.1) is 23.4 Å². The van der Waals surface area contributed by atoms with Crippen LogP contribution in [0, 0.1) is 6.92 Å². The molecule has 1 atom stereocenters. The van der Waals surface area contributed by atoms with Crippen molar-refractivity contribution >= 4 is 33.5 Å². The molecule has 1 fully saturated rings.